The number of hydrogen-bond donors (Lipinski definition) is 2. The van der Waals surface area contributed by atoms with Crippen LogP contribution in [0.25, 0.3) is 10.8 Å². The van der Waals surface area contributed by atoms with Crippen LogP contribution in [0.3, 0.4) is 0 Å². The van der Waals surface area contributed by atoms with Crippen molar-refractivity contribution in [2.75, 3.05) is 13.1 Å². The summed E-state index contributed by atoms with van der Waals surface area (Å²) in [6.07, 6.45) is 5.66. The van der Waals surface area contributed by atoms with E-state index in [9.17, 15) is 0 Å². The molecule has 0 spiro atoms. The Morgan fingerprint density at radius 1 is 1.06 bits per heavy atom. The van der Waals surface area contributed by atoms with Gasteiger partial charge in [0, 0.05) is 18.3 Å². The summed E-state index contributed by atoms with van der Waals surface area (Å²) >= 11 is 0. The van der Waals surface area contributed by atoms with Crippen LogP contribution in [0, 0.1) is 29.6 Å². The number of nitrogens with zero attached hydrogens (tertiary/aromatic N) is 1. The summed E-state index contributed by atoms with van der Waals surface area (Å²) in [4.78, 5) is 2.55. The number of hydrogen-bond acceptors (Lipinski definition) is 3. The van der Waals surface area contributed by atoms with Gasteiger partial charge in [-0.25, -0.2) is 0 Å². The molecule has 0 amide bonds. The fourth-order valence-electron chi connectivity index (χ4n) is 5.46. The minimum atomic E-state index is 0.205. The summed E-state index contributed by atoms with van der Waals surface area (Å²) in [5.74, 6) is 0.995. The predicted octanol–water partition coefficient (Wildman–Crippen LogP) is 6.93. The largest absolute Gasteiger partial charge is 0.328 e. The molecule has 1 aliphatic rings. The van der Waals surface area contributed by atoms with E-state index in [0.717, 1.165) is 37.1 Å². The Hall–Kier alpha value is -1.71. The van der Waals surface area contributed by atoms with Gasteiger partial charge in [0.2, 0.25) is 0 Å². The highest BCUT2D eigenvalue weighted by Gasteiger charge is 2.26. The molecule has 0 bridgehead atoms. The molecule has 0 aliphatic carbocycles. The van der Waals surface area contributed by atoms with Gasteiger partial charge in [-0.15, -0.1) is 0 Å². The maximum Gasteiger partial charge on any atom is 0.0391 e. The first-order chi connectivity index (χ1) is 15.0. The minimum Gasteiger partial charge on any atom is -0.328 e. The molecule has 1 fully saturated rings. The molecule has 32 heavy (non-hydrogen) atoms. The van der Waals surface area contributed by atoms with E-state index in [1.165, 1.54) is 47.8 Å². The Balaban J connectivity index is 1.75. The first kappa shape index (κ1) is 24.9. The molecule has 1 saturated heterocycles. The summed E-state index contributed by atoms with van der Waals surface area (Å²) < 4.78 is 0. The highest BCUT2D eigenvalue weighted by molar-refractivity contribution is 6.03. The van der Waals surface area contributed by atoms with Crippen LogP contribution in [-0.2, 0) is 6.54 Å². The number of nitrogens with one attached hydrogen (secondary N) is 1. The molecule has 0 aromatic heterocycles. The van der Waals surface area contributed by atoms with Crippen LogP contribution >= 0.6 is 0 Å². The Morgan fingerprint density at radius 2 is 1.75 bits per heavy atom. The standard InChI is InChI=1S/C29H45N3/c1-20(26(15-22(3)30)18-29(4,5)6)14-28(31)27-17-24-10-9-23(16-25(24)13-21(27)2)19-32-11-7-8-12-32/h9-10,13,16-17,20,22,26,31H,7-8,11-12,14-15,18-19,30H2,1-6H3. The lowest BCUT2D eigenvalue weighted by Gasteiger charge is -2.32. The number of aryl methyl sites for hydroxylation is 1. The molecular weight excluding hydrogens is 390 g/mol. The maximum atomic E-state index is 8.94. The van der Waals surface area contributed by atoms with Crippen molar-refractivity contribution < 1.29 is 0 Å². The summed E-state index contributed by atoms with van der Waals surface area (Å²) in [6, 6.07) is 11.6. The van der Waals surface area contributed by atoms with E-state index in [2.05, 4.69) is 76.8 Å². The van der Waals surface area contributed by atoms with Crippen LogP contribution in [0.2, 0.25) is 0 Å². The highest BCUT2D eigenvalue weighted by atomic mass is 15.1. The van der Waals surface area contributed by atoms with E-state index in [-0.39, 0.29) is 11.5 Å². The molecule has 3 atom stereocenters. The van der Waals surface area contributed by atoms with E-state index in [4.69, 9.17) is 11.1 Å². The predicted molar refractivity (Wildman–Crippen MR) is 140 cm³/mol. The molecule has 3 heteroatoms. The van der Waals surface area contributed by atoms with Gasteiger partial charge in [0.25, 0.3) is 0 Å². The maximum absolute atomic E-state index is 8.94. The zero-order chi connectivity index (χ0) is 23.5. The number of rotatable bonds is 9. The van der Waals surface area contributed by atoms with Crippen molar-refractivity contribution in [2.45, 2.75) is 86.2 Å². The van der Waals surface area contributed by atoms with Crippen molar-refractivity contribution in [1.82, 2.24) is 4.90 Å². The molecule has 3 rings (SSSR count). The van der Waals surface area contributed by atoms with Crippen molar-refractivity contribution in [2.24, 2.45) is 23.0 Å². The first-order valence-corrected chi connectivity index (χ1v) is 12.6. The molecule has 0 saturated carbocycles. The Labute approximate surface area is 196 Å². The second-order valence-electron chi connectivity index (χ2n) is 11.7. The van der Waals surface area contributed by atoms with Gasteiger partial charge in [-0.2, -0.15) is 0 Å². The van der Waals surface area contributed by atoms with Gasteiger partial charge in [-0.3, -0.25) is 4.90 Å². The fourth-order valence-corrected chi connectivity index (χ4v) is 5.46. The third-order valence-electron chi connectivity index (χ3n) is 7.06. The van der Waals surface area contributed by atoms with E-state index in [1.54, 1.807) is 0 Å². The Kier molecular flexibility index (Phi) is 8.16. The Morgan fingerprint density at radius 3 is 2.38 bits per heavy atom. The molecule has 2 aromatic carbocycles. The topological polar surface area (TPSA) is 53.1 Å². The summed E-state index contributed by atoms with van der Waals surface area (Å²) in [5, 5.41) is 11.5. The summed E-state index contributed by atoms with van der Waals surface area (Å²) in [7, 11) is 0. The molecular formula is C29H45N3. The lowest BCUT2D eigenvalue weighted by atomic mass is 9.74. The molecule has 3 N–H and O–H groups in total. The highest BCUT2D eigenvalue weighted by Crippen LogP contribution is 2.34. The number of likely N-dealkylation sites (tertiary alicyclic amines) is 1. The molecule has 1 aliphatic heterocycles. The third-order valence-corrected chi connectivity index (χ3v) is 7.06. The van der Waals surface area contributed by atoms with Gasteiger partial charge in [-0.1, -0.05) is 45.9 Å². The molecule has 3 unspecified atom stereocenters. The van der Waals surface area contributed by atoms with Crippen molar-refractivity contribution in [1.29, 1.82) is 5.41 Å². The fraction of sp³-hybridized carbons (Fsp3) is 0.621. The molecule has 3 nitrogen and oxygen atoms in total. The van der Waals surface area contributed by atoms with Crippen molar-refractivity contribution in [3.63, 3.8) is 0 Å². The van der Waals surface area contributed by atoms with Crippen LogP contribution in [-0.4, -0.2) is 29.7 Å². The van der Waals surface area contributed by atoms with Crippen molar-refractivity contribution in [3.05, 3.63) is 47.0 Å². The van der Waals surface area contributed by atoms with Gasteiger partial charge in [0.05, 0.1) is 0 Å². The van der Waals surface area contributed by atoms with Gasteiger partial charge in [0.1, 0.15) is 0 Å². The average molecular weight is 436 g/mol. The second-order valence-corrected chi connectivity index (χ2v) is 11.7. The van der Waals surface area contributed by atoms with Crippen molar-refractivity contribution in [3.8, 4) is 0 Å². The van der Waals surface area contributed by atoms with Gasteiger partial charge in [-0.05, 0) is 116 Å². The zero-order valence-corrected chi connectivity index (χ0v) is 21.3. The SMILES string of the molecule is Cc1cc2cc(CN3CCCC3)ccc2cc1C(=N)CC(C)C(CC(C)N)CC(C)(C)C. The van der Waals surface area contributed by atoms with Gasteiger partial charge < -0.3 is 11.1 Å². The lowest BCUT2D eigenvalue weighted by molar-refractivity contribution is 0.216. The van der Waals surface area contributed by atoms with Crippen LogP contribution in [0.4, 0.5) is 0 Å². The van der Waals surface area contributed by atoms with Crippen LogP contribution in [0.1, 0.15) is 83.4 Å². The van der Waals surface area contributed by atoms with E-state index in [1.807, 2.05) is 0 Å². The van der Waals surface area contributed by atoms with Crippen LogP contribution < -0.4 is 5.73 Å². The Bertz CT molecular complexity index is 916. The monoisotopic (exact) mass is 435 g/mol. The van der Waals surface area contributed by atoms with E-state index < -0.39 is 0 Å². The van der Waals surface area contributed by atoms with Crippen LogP contribution in [0.5, 0.6) is 0 Å². The minimum absolute atomic E-state index is 0.205. The molecule has 1 heterocycles. The smallest absolute Gasteiger partial charge is 0.0391 e. The molecule has 0 radical (unpaired) electrons. The van der Waals surface area contributed by atoms with E-state index >= 15 is 0 Å². The third kappa shape index (κ3) is 6.89. The quantitative estimate of drug-likeness (QED) is 0.420. The van der Waals surface area contributed by atoms with Gasteiger partial charge >= 0.3 is 0 Å². The molecule has 2 aromatic rings. The van der Waals surface area contributed by atoms with E-state index in [0.29, 0.717) is 11.8 Å². The number of fused-ring (bicyclic) bond motifs is 1. The number of nitrogens with two attached hydrogens (primary N) is 1. The zero-order valence-electron chi connectivity index (χ0n) is 21.3. The van der Waals surface area contributed by atoms with Crippen LogP contribution in [0.15, 0.2) is 30.3 Å². The second kappa shape index (κ2) is 10.5. The summed E-state index contributed by atoms with van der Waals surface area (Å²) in [5.41, 5.74) is 10.9. The number of benzene rings is 2. The first-order valence-electron chi connectivity index (χ1n) is 12.6. The van der Waals surface area contributed by atoms with Gasteiger partial charge in [0.15, 0.2) is 0 Å². The van der Waals surface area contributed by atoms with Crippen molar-refractivity contribution >= 4 is 16.5 Å². The lowest BCUT2D eigenvalue weighted by Crippen LogP contribution is -2.28. The average Bonchev–Trinajstić information content (AvgIpc) is 3.18. The molecule has 176 valence electrons. The normalized spacial score (nSPS) is 18.1. The summed E-state index contributed by atoms with van der Waals surface area (Å²) in [6.45, 7) is 17.0.